The van der Waals surface area contributed by atoms with Gasteiger partial charge in [-0.1, -0.05) is 20.3 Å². The number of amides is 1. The van der Waals surface area contributed by atoms with Gasteiger partial charge in [-0.3, -0.25) is 4.79 Å². The minimum absolute atomic E-state index is 0.284. The Hall–Kier alpha value is -0.570. The highest BCUT2D eigenvalue weighted by molar-refractivity contribution is 5.75. The molecule has 0 rings (SSSR count). The molecule has 0 fully saturated rings. The maximum absolute atomic E-state index is 10.3. The van der Waals surface area contributed by atoms with Crippen LogP contribution < -0.4 is 11.1 Å². The Morgan fingerprint density at radius 1 is 1.64 bits per heavy atom. The van der Waals surface area contributed by atoms with Crippen LogP contribution in [0.25, 0.3) is 0 Å². The van der Waals surface area contributed by atoms with E-state index in [-0.39, 0.29) is 5.91 Å². The van der Waals surface area contributed by atoms with Crippen molar-refractivity contribution in [1.29, 1.82) is 0 Å². The first-order chi connectivity index (χ1) is 5.16. The average Bonchev–Trinajstić information content (AvgIpc) is 1.87. The predicted octanol–water partition coefficient (Wildman–Crippen LogP) is 0.497. The molecule has 3 N–H and O–H groups in total. The first kappa shape index (κ1) is 10.4. The summed E-state index contributed by atoms with van der Waals surface area (Å²) in [6.45, 7) is 5.51. The van der Waals surface area contributed by atoms with Gasteiger partial charge in [0.2, 0.25) is 5.91 Å². The monoisotopic (exact) mass is 158 g/mol. The lowest BCUT2D eigenvalue weighted by atomic mass is 10.1. The lowest BCUT2D eigenvalue weighted by Gasteiger charge is -2.09. The summed E-state index contributed by atoms with van der Waals surface area (Å²) in [5, 5.41) is 2.99. The molecule has 0 saturated carbocycles. The van der Waals surface area contributed by atoms with E-state index in [0.717, 1.165) is 6.54 Å². The Morgan fingerprint density at radius 2 is 2.27 bits per heavy atom. The molecule has 0 aromatic carbocycles. The lowest BCUT2D eigenvalue weighted by molar-refractivity contribution is -0.117. The van der Waals surface area contributed by atoms with Crippen molar-refractivity contribution in [2.75, 3.05) is 13.1 Å². The van der Waals surface area contributed by atoms with Gasteiger partial charge in [0.1, 0.15) is 0 Å². The van der Waals surface area contributed by atoms with Gasteiger partial charge in [-0.15, -0.1) is 0 Å². The summed E-state index contributed by atoms with van der Waals surface area (Å²) in [6.07, 6.45) is 2.39. The van der Waals surface area contributed by atoms with Crippen LogP contribution >= 0.6 is 0 Å². The molecule has 1 atom stereocenters. The molecule has 1 amide bonds. The van der Waals surface area contributed by atoms with Crippen molar-refractivity contribution in [1.82, 2.24) is 5.32 Å². The second kappa shape index (κ2) is 6.16. The molecule has 0 aromatic heterocycles. The summed E-state index contributed by atoms with van der Waals surface area (Å²) < 4.78 is 0. The summed E-state index contributed by atoms with van der Waals surface area (Å²) in [6, 6.07) is 0. The van der Waals surface area contributed by atoms with Crippen molar-refractivity contribution < 1.29 is 4.79 Å². The molecule has 11 heavy (non-hydrogen) atoms. The topological polar surface area (TPSA) is 55.1 Å². The van der Waals surface area contributed by atoms with E-state index in [9.17, 15) is 4.79 Å². The fourth-order valence-corrected chi connectivity index (χ4v) is 1.04. The SMILES string of the molecule is CCCC(C)CNCC(N)=O. The molecule has 0 radical (unpaired) electrons. The van der Waals surface area contributed by atoms with Crippen LogP contribution in [0.1, 0.15) is 26.7 Å². The smallest absolute Gasteiger partial charge is 0.231 e. The van der Waals surface area contributed by atoms with Crippen molar-refractivity contribution in [2.45, 2.75) is 26.7 Å². The highest BCUT2D eigenvalue weighted by Gasteiger charge is 1.99. The van der Waals surface area contributed by atoms with Gasteiger partial charge in [0.05, 0.1) is 6.54 Å². The van der Waals surface area contributed by atoms with Crippen molar-refractivity contribution in [2.24, 2.45) is 11.7 Å². The van der Waals surface area contributed by atoms with E-state index >= 15 is 0 Å². The fraction of sp³-hybridized carbons (Fsp3) is 0.875. The number of nitrogens with one attached hydrogen (secondary N) is 1. The van der Waals surface area contributed by atoms with E-state index in [2.05, 4.69) is 19.2 Å². The number of rotatable bonds is 6. The summed E-state index contributed by atoms with van der Waals surface area (Å²) in [5.41, 5.74) is 4.95. The predicted molar refractivity (Wildman–Crippen MR) is 46.1 cm³/mol. The van der Waals surface area contributed by atoms with Gasteiger partial charge < -0.3 is 11.1 Å². The van der Waals surface area contributed by atoms with Crippen LogP contribution in [0.2, 0.25) is 0 Å². The van der Waals surface area contributed by atoms with Crippen LogP contribution in [-0.2, 0) is 4.79 Å². The third-order valence-corrected chi connectivity index (χ3v) is 1.57. The van der Waals surface area contributed by atoms with Crippen LogP contribution in [0.3, 0.4) is 0 Å². The van der Waals surface area contributed by atoms with Crippen molar-refractivity contribution in [3.05, 3.63) is 0 Å². The Balaban J connectivity index is 3.16. The standard InChI is InChI=1S/C8H18N2O/c1-3-4-7(2)5-10-6-8(9)11/h7,10H,3-6H2,1-2H3,(H2,9,11). The zero-order valence-corrected chi connectivity index (χ0v) is 7.39. The lowest BCUT2D eigenvalue weighted by Crippen LogP contribution is -2.31. The average molecular weight is 158 g/mol. The largest absolute Gasteiger partial charge is 0.369 e. The molecule has 3 nitrogen and oxygen atoms in total. The minimum atomic E-state index is -0.284. The zero-order valence-electron chi connectivity index (χ0n) is 7.39. The van der Waals surface area contributed by atoms with Crippen LogP contribution in [0.15, 0.2) is 0 Å². The highest BCUT2D eigenvalue weighted by Crippen LogP contribution is 2.01. The molecular weight excluding hydrogens is 140 g/mol. The first-order valence-corrected chi connectivity index (χ1v) is 4.15. The maximum atomic E-state index is 10.3. The molecule has 0 aliphatic heterocycles. The van der Waals surface area contributed by atoms with Gasteiger partial charge >= 0.3 is 0 Å². The number of carbonyl (C=O) groups excluding carboxylic acids is 1. The molecule has 0 aliphatic rings. The third-order valence-electron chi connectivity index (χ3n) is 1.57. The quantitative estimate of drug-likeness (QED) is 0.591. The van der Waals surface area contributed by atoms with Gasteiger partial charge in [0.25, 0.3) is 0 Å². The number of hydrogen-bond acceptors (Lipinski definition) is 2. The zero-order chi connectivity index (χ0) is 8.69. The van der Waals surface area contributed by atoms with Crippen LogP contribution in [0.5, 0.6) is 0 Å². The summed E-state index contributed by atoms with van der Waals surface area (Å²) in [5.74, 6) is 0.355. The fourth-order valence-electron chi connectivity index (χ4n) is 1.04. The first-order valence-electron chi connectivity index (χ1n) is 4.15. The van der Waals surface area contributed by atoms with Gasteiger partial charge in [-0.2, -0.15) is 0 Å². The molecule has 66 valence electrons. The van der Waals surface area contributed by atoms with Gasteiger partial charge in [0, 0.05) is 0 Å². The molecule has 0 bridgehead atoms. The van der Waals surface area contributed by atoms with Crippen LogP contribution in [0, 0.1) is 5.92 Å². The van der Waals surface area contributed by atoms with E-state index in [0.29, 0.717) is 12.5 Å². The molecule has 1 unspecified atom stereocenters. The molecule has 0 aliphatic carbocycles. The summed E-state index contributed by atoms with van der Waals surface area (Å²) >= 11 is 0. The van der Waals surface area contributed by atoms with Crippen molar-refractivity contribution >= 4 is 5.91 Å². The summed E-state index contributed by atoms with van der Waals surface area (Å²) in [4.78, 5) is 10.3. The second-order valence-electron chi connectivity index (χ2n) is 2.99. The third kappa shape index (κ3) is 7.33. The van der Waals surface area contributed by atoms with Gasteiger partial charge in [-0.05, 0) is 18.9 Å². The number of carbonyl (C=O) groups is 1. The van der Waals surface area contributed by atoms with Crippen LogP contribution in [0.4, 0.5) is 0 Å². The Labute approximate surface area is 68.3 Å². The maximum Gasteiger partial charge on any atom is 0.231 e. The Kier molecular flexibility index (Phi) is 5.84. The van der Waals surface area contributed by atoms with E-state index in [4.69, 9.17) is 5.73 Å². The summed E-state index contributed by atoms with van der Waals surface area (Å²) in [7, 11) is 0. The van der Waals surface area contributed by atoms with Crippen LogP contribution in [-0.4, -0.2) is 19.0 Å². The van der Waals surface area contributed by atoms with Gasteiger partial charge in [-0.25, -0.2) is 0 Å². The van der Waals surface area contributed by atoms with E-state index in [1.165, 1.54) is 12.8 Å². The molecule has 0 aromatic rings. The normalized spacial score (nSPS) is 12.9. The van der Waals surface area contributed by atoms with E-state index in [1.54, 1.807) is 0 Å². The molecule has 0 spiro atoms. The number of nitrogens with two attached hydrogens (primary N) is 1. The Bertz CT molecular complexity index is 115. The van der Waals surface area contributed by atoms with E-state index < -0.39 is 0 Å². The molecular formula is C8H18N2O. The number of primary amides is 1. The molecule has 0 saturated heterocycles. The van der Waals surface area contributed by atoms with Crippen molar-refractivity contribution in [3.8, 4) is 0 Å². The van der Waals surface area contributed by atoms with Crippen molar-refractivity contribution in [3.63, 3.8) is 0 Å². The molecule has 3 heteroatoms. The molecule has 0 heterocycles. The second-order valence-corrected chi connectivity index (χ2v) is 2.99. The van der Waals surface area contributed by atoms with Gasteiger partial charge in [0.15, 0.2) is 0 Å². The Morgan fingerprint density at radius 3 is 2.73 bits per heavy atom. The van der Waals surface area contributed by atoms with E-state index in [1.807, 2.05) is 0 Å². The highest BCUT2D eigenvalue weighted by atomic mass is 16.1. The number of hydrogen-bond donors (Lipinski definition) is 2. The minimum Gasteiger partial charge on any atom is -0.369 e.